The van der Waals surface area contributed by atoms with Crippen LogP contribution in [0.1, 0.15) is 19.4 Å². The fourth-order valence-electron chi connectivity index (χ4n) is 3.73. The Hall–Kier alpha value is -3.78. The molecule has 2 heterocycles. The molecule has 3 aromatic carbocycles. The largest absolute Gasteiger partial charge is 0.454 e. The van der Waals surface area contributed by atoms with Gasteiger partial charge in [0.2, 0.25) is 12.7 Å². The molecule has 1 amide bonds. The first-order chi connectivity index (χ1) is 16.5. The highest BCUT2D eigenvalue weighted by atomic mass is 32.2. The molecule has 1 aliphatic heterocycles. The van der Waals surface area contributed by atoms with Crippen LogP contribution in [0.2, 0.25) is 0 Å². The molecule has 1 N–H and O–H groups in total. The molecule has 0 fully saturated rings. The Labute approximate surface area is 200 Å². The molecule has 0 saturated heterocycles. The zero-order valence-corrected chi connectivity index (χ0v) is 19.6. The minimum absolute atomic E-state index is 0.166. The normalized spacial score (nSPS) is 13.1. The number of rotatable bonds is 6. The van der Waals surface area contributed by atoms with Crippen molar-refractivity contribution in [2.75, 3.05) is 12.1 Å². The second-order valence-electron chi connectivity index (χ2n) is 7.89. The number of amides is 1. The summed E-state index contributed by atoms with van der Waals surface area (Å²) >= 11 is 1.24. The fraction of sp³-hybridized carbons (Fsp3) is 0.192. The van der Waals surface area contributed by atoms with Crippen molar-refractivity contribution in [2.45, 2.75) is 30.7 Å². The van der Waals surface area contributed by atoms with E-state index >= 15 is 0 Å². The summed E-state index contributed by atoms with van der Waals surface area (Å²) in [4.78, 5) is 31.2. The lowest BCUT2D eigenvalue weighted by atomic mass is 10.1. The van der Waals surface area contributed by atoms with Crippen LogP contribution in [0, 0.1) is 0 Å². The number of benzene rings is 3. The van der Waals surface area contributed by atoms with Gasteiger partial charge in [0.1, 0.15) is 0 Å². The minimum Gasteiger partial charge on any atom is -0.454 e. The van der Waals surface area contributed by atoms with Crippen LogP contribution >= 0.6 is 11.8 Å². The predicted octanol–water partition coefficient (Wildman–Crippen LogP) is 4.80. The second kappa shape index (κ2) is 9.23. The van der Waals surface area contributed by atoms with Gasteiger partial charge in [0.15, 0.2) is 16.7 Å². The summed E-state index contributed by atoms with van der Waals surface area (Å²) in [6.45, 7) is 4.04. The molecule has 172 valence electrons. The van der Waals surface area contributed by atoms with E-state index in [1.807, 2.05) is 42.5 Å². The summed E-state index contributed by atoms with van der Waals surface area (Å²) in [5.41, 5.74) is 2.93. The fourth-order valence-corrected chi connectivity index (χ4v) is 4.66. The van der Waals surface area contributed by atoms with Gasteiger partial charge in [-0.25, -0.2) is 4.98 Å². The first kappa shape index (κ1) is 22.0. The Morgan fingerprint density at radius 3 is 2.65 bits per heavy atom. The number of carbonyl (C=O) groups excluding carboxylic acids is 1. The molecule has 1 unspecified atom stereocenters. The van der Waals surface area contributed by atoms with E-state index in [2.05, 4.69) is 12.2 Å². The van der Waals surface area contributed by atoms with Crippen molar-refractivity contribution < 1.29 is 14.3 Å². The van der Waals surface area contributed by atoms with E-state index in [1.165, 1.54) is 17.3 Å². The van der Waals surface area contributed by atoms with Gasteiger partial charge in [0.25, 0.3) is 5.56 Å². The lowest BCUT2D eigenvalue weighted by Crippen LogP contribution is -2.26. The predicted molar refractivity (Wildman–Crippen MR) is 133 cm³/mol. The van der Waals surface area contributed by atoms with Gasteiger partial charge in [-0.15, -0.1) is 0 Å². The van der Waals surface area contributed by atoms with Crippen LogP contribution in [0.25, 0.3) is 16.6 Å². The van der Waals surface area contributed by atoms with Crippen LogP contribution in [-0.4, -0.2) is 27.5 Å². The highest BCUT2D eigenvalue weighted by Crippen LogP contribution is 2.34. The molecule has 34 heavy (non-hydrogen) atoms. The average molecular weight is 474 g/mol. The molecule has 1 atom stereocenters. The molecule has 1 aromatic heterocycles. The number of hydrogen-bond acceptors (Lipinski definition) is 6. The van der Waals surface area contributed by atoms with Crippen LogP contribution < -0.4 is 20.3 Å². The van der Waals surface area contributed by atoms with E-state index in [0.717, 1.165) is 6.42 Å². The number of nitrogens with one attached hydrogen (secondary N) is 1. The Bertz CT molecular complexity index is 1430. The number of thioether (sulfide) groups is 1. The topological polar surface area (TPSA) is 82.5 Å². The SMILES string of the molecule is CCc1ccc(-n2c(SC(C)C(=O)Nc3ccc4c(c3)OCO4)nc3ccccc3c2=O)cc1. The smallest absolute Gasteiger partial charge is 0.266 e. The number of aryl methyl sites for hydroxylation is 1. The number of para-hydroxylation sites is 1. The molecule has 8 heteroatoms. The quantitative estimate of drug-likeness (QED) is 0.320. The standard InChI is InChI=1S/C26H23N3O4S/c1-3-17-8-11-19(12-9-17)29-25(31)20-6-4-5-7-21(20)28-26(29)34-16(2)24(30)27-18-10-13-22-23(14-18)33-15-32-22/h4-14,16H,3,15H2,1-2H3,(H,27,30). The van der Waals surface area contributed by atoms with Crippen LogP contribution in [0.3, 0.4) is 0 Å². The van der Waals surface area contributed by atoms with Gasteiger partial charge in [0.05, 0.1) is 21.8 Å². The van der Waals surface area contributed by atoms with Crippen LogP contribution in [0.15, 0.2) is 76.7 Å². The third-order valence-corrected chi connectivity index (χ3v) is 6.69. The highest BCUT2D eigenvalue weighted by Gasteiger charge is 2.21. The van der Waals surface area contributed by atoms with Crippen molar-refractivity contribution >= 4 is 34.3 Å². The van der Waals surface area contributed by atoms with E-state index in [4.69, 9.17) is 14.5 Å². The van der Waals surface area contributed by atoms with Crippen molar-refractivity contribution in [3.63, 3.8) is 0 Å². The summed E-state index contributed by atoms with van der Waals surface area (Å²) in [7, 11) is 0. The highest BCUT2D eigenvalue weighted by molar-refractivity contribution is 8.00. The van der Waals surface area contributed by atoms with Gasteiger partial charge < -0.3 is 14.8 Å². The van der Waals surface area contributed by atoms with Gasteiger partial charge in [0, 0.05) is 11.8 Å². The van der Waals surface area contributed by atoms with Crippen molar-refractivity contribution in [2.24, 2.45) is 0 Å². The molecule has 0 bridgehead atoms. The molecule has 0 spiro atoms. The van der Waals surface area contributed by atoms with Crippen molar-refractivity contribution in [1.82, 2.24) is 9.55 Å². The number of anilines is 1. The van der Waals surface area contributed by atoms with E-state index in [9.17, 15) is 9.59 Å². The van der Waals surface area contributed by atoms with Gasteiger partial charge in [-0.2, -0.15) is 0 Å². The number of hydrogen-bond donors (Lipinski definition) is 1. The Balaban J connectivity index is 1.47. The van der Waals surface area contributed by atoms with Gasteiger partial charge in [-0.1, -0.05) is 43.0 Å². The van der Waals surface area contributed by atoms with Crippen LogP contribution in [0.4, 0.5) is 5.69 Å². The van der Waals surface area contributed by atoms with Crippen LogP contribution in [-0.2, 0) is 11.2 Å². The molecular formula is C26H23N3O4S. The summed E-state index contributed by atoms with van der Waals surface area (Å²) in [5, 5.41) is 3.38. The number of ether oxygens (including phenoxy) is 2. The second-order valence-corrected chi connectivity index (χ2v) is 9.20. The van der Waals surface area contributed by atoms with E-state index in [-0.39, 0.29) is 18.3 Å². The molecule has 0 radical (unpaired) electrons. The summed E-state index contributed by atoms with van der Waals surface area (Å²) in [5.74, 6) is 1.04. The zero-order chi connectivity index (χ0) is 23.7. The maximum atomic E-state index is 13.4. The molecule has 0 saturated carbocycles. The summed E-state index contributed by atoms with van der Waals surface area (Å²) in [6.07, 6.45) is 0.907. The Morgan fingerprint density at radius 1 is 1.09 bits per heavy atom. The third kappa shape index (κ3) is 4.24. The van der Waals surface area contributed by atoms with E-state index < -0.39 is 5.25 Å². The molecule has 7 nitrogen and oxygen atoms in total. The lowest BCUT2D eigenvalue weighted by Gasteiger charge is -2.17. The van der Waals surface area contributed by atoms with Crippen molar-refractivity contribution in [1.29, 1.82) is 0 Å². The average Bonchev–Trinajstić information content (AvgIpc) is 3.32. The molecule has 5 rings (SSSR count). The Kier molecular flexibility index (Phi) is 5.98. The zero-order valence-electron chi connectivity index (χ0n) is 18.8. The first-order valence-corrected chi connectivity index (χ1v) is 11.9. The minimum atomic E-state index is -0.514. The summed E-state index contributed by atoms with van der Waals surface area (Å²) < 4.78 is 12.3. The molecular weight excluding hydrogens is 450 g/mol. The van der Waals surface area contributed by atoms with Gasteiger partial charge >= 0.3 is 0 Å². The molecule has 4 aromatic rings. The molecule has 0 aliphatic carbocycles. The maximum absolute atomic E-state index is 13.4. The molecule has 1 aliphatic rings. The first-order valence-electron chi connectivity index (χ1n) is 11.0. The number of aromatic nitrogens is 2. The van der Waals surface area contributed by atoms with Gasteiger partial charge in [-0.05, 0) is 55.3 Å². The Morgan fingerprint density at radius 2 is 1.85 bits per heavy atom. The van der Waals surface area contributed by atoms with Gasteiger partial charge in [-0.3, -0.25) is 14.2 Å². The van der Waals surface area contributed by atoms with E-state index in [0.29, 0.717) is 38.9 Å². The summed E-state index contributed by atoms with van der Waals surface area (Å²) in [6, 6.07) is 20.3. The number of nitrogens with zero attached hydrogens (tertiary/aromatic N) is 2. The van der Waals surface area contributed by atoms with Crippen molar-refractivity contribution in [3.05, 3.63) is 82.6 Å². The monoisotopic (exact) mass is 473 g/mol. The van der Waals surface area contributed by atoms with Crippen LogP contribution in [0.5, 0.6) is 11.5 Å². The lowest BCUT2D eigenvalue weighted by molar-refractivity contribution is -0.115. The van der Waals surface area contributed by atoms with Crippen molar-refractivity contribution in [3.8, 4) is 17.2 Å². The van der Waals surface area contributed by atoms with E-state index in [1.54, 1.807) is 35.8 Å². The number of fused-ring (bicyclic) bond motifs is 2. The maximum Gasteiger partial charge on any atom is 0.266 e. The third-order valence-electron chi connectivity index (χ3n) is 5.64. The number of carbonyl (C=O) groups is 1.